The molecule has 0 spiro atoms. The number of benzene rings is 5. The van der Waals surface area contributed by atoms with Crippen molar-refractivity contribution in [1.29, 1.82) is 0 Å². The van der Waals surface area contributed by atoms with E-state index in [0.29, 0.717) is 45.6 Å². The third-order valence-corrected chi connectivity index (χ3v) is 6.10. The fraction of sp³-hybridized carbons (Fsp3) is 0.0588. The zero-order chi connectivity index (χ0) is 30.7. The zero-order valence-electron chi connectivity index (χ0n) is 23.5. The molecule has 0 aromatic heterocycles. The Balaban J connectivity index is 1.14. The molecule has 5 aromatic carbocycles. The van der Waals surface area contributed by atoms with Gasteiger partial charge < -0.3 is 19.3 Å². The number of nitrogens with zero attached hydrogens (tertiary/aromatic N) is 4. The Kier molecular flexibility index (Phi) is 9.55. The van der Waals surface area contributed by atoms with Gasteiger partial charge in [0.15, 0.2) is 6.79 Å². The molecule has 10 heteroatoms. The number of azo groups is 2. The molecule has 0 fully saturated rings. The number of esters is 2. The van der Waals surface area contributed by atoms with Gasteiger partial charge in [0, 0.05) is 6.92 Å². The van der Waals surface area contributed by atoms with Gasteiger partial charge in [0.2, 0.25) is 0 Å². The number of carbonyl (C=O) groups excluding carboxylic acids is 2. The lowest BCUT2D eigenvalue weighted by molar-refractivity contribution is -0.131. The standard InChI is InChI=1S/C34H26N4O6/c1-23(40)43-32-18-12-29(13-19-32)37-35-27-8-2-24(3-9-27)25-4-10-28(11-5-25)36-38-30-14-20-33(21-15-30)44-34(41)26-6-16-31(17-7-26)42-22-39/h2-21,39H,22H2,1H3. The second-order valence-corrected chi connectivity index (χ2v) is 9.26. The monoisotopic (exact) mass is 586 g/mol. The van der Waals surface area contributed by atoms with Crippen molar-refractivity contribution in [1.82, 2.24) is 0 Å². The zero-order valence-corrected chi connectivity index (χ0v) is 23.5. The van der Waals surface area contributed by atoms with E-state index in [-0.39, 0.29) is 5.97 Å². The molecule has 44 heavy (non-hydrogen) atoms. The molecule has 5 rings (SSSR count). The maximum atomic E-state index is 12.4. The number of hydrogen-bond acceptors (Lipinski definition) is 10. The van der Waals surface area contributed by atoms with E-state index in [1.807, 2.05) is 48.5 Å². The fourth-order valence-electron chi connectivity index (χ4n) is 3.93. The summed E-state index contributed by atoms with van der Waals surface area (Å²) in [5, 5.41) is 25.8. The molecular weight excluding hydrogens is 560 g/mol. The Labute approximate surface area is 252 Å². The van der Waals surface area contributed by atoms with E-state index in [1.165, 1.54) is 6.92 Å². The highest BCUT2D eigenvalue weighted by molar-refractivity contribution is 5.91. The van der Waals surface area contributed by atoms with Crippen molar-refractivity contribution in [3.63, 3.8) is 0 Å². The van der Waals surface area contributed by atoms with Crippen LogP contribution in [0.15, 0.2) is 142 Å². The van der Waals surface area contributed by atoms with Gasteiger partial charge in [-0.3, -0.25) is 4.79 Å². The van der Waals surface area contributed by atoms with Crippen LogP contribution in [0.4, 0.5) is 22.7 Å². The van der Waals surface area contributed by atoms with Crippen LogP contribution >= 0.6 is 0 Å². The Hall–Kier alpha value is -6.00. The van der Waals surface area contributed by atoms with Crippen molar-refractivity contribution in [2.45, 2.75) is 6.92 Å². The first-order chi connectivity index (χ1) is 21.4. The molecule has 0 atom stereocenters. The summed E-state index contributed by atoms with van der Waals surface area (Å²) in [6, 6.07) is 35.1. The van der Waals surface area contributed by atoms with Crippen LogP contribution < -0.4 is 14.2 Å². The molecule has 0 bridgehead atoms. The van der Waals surface area contributed by atoms with Gasteiger partial charge in [0.25, 0.3) is 0 Å². The summed E-state index contributed by atoms with van der Waals surface area (Å²) in [5.74, 6) is 0.387. The smallest absolute Gasteiger partial charge is 0.343 e. The largest absolute Gasteiger partial charge is 0.468 e. The summed E-state index contributed by atoms with van der Waals surface area (Å²) in [6.45, 7) is 0.910. The molecule has 0 heterocycles. The molecule has 0 amide bonds. The average molecular weight is 587 g/mol. The first-order valence-electron chi connectivity index (χ1n) is 13.4. The minimum atomic E-state index is -0.515. The number of aliphatic hydroxyl groups is 1. The first-order valence-corrected chi connectivity index (χ1v) is 13.4. The normalized spacial score (nSPS) is 11.0. The average Bonchev–Trinajstić information content (AvgIpc) is 3.05. The SMILES string of the molecule is CC(=O)Oc1ccc(N=Nc2ccc(-c3ccc(N=Nc4ccc(OC(=O)c5ccc(OCO)cc5)cc4)cc3)cc2)cc1. The lowest BCUT2D eigenvalue weighted by atomic mass is 10.1. The number of rotatable bonds is 10. The van der Waals surface area contributed by atoms with Gasteiger partial charge in [0.1, 0.15) is 17.2 Å². The molecule has 0 radical (unpaired) electrons. The van der Waals surface area contributed by atoms with Crippen LogP contribution in [0.3, 0.4) is 0 Å². The molecule has 218 valence electrons. The highest BCUT2D eigenvalue weighted by Gasteiger charge is 2.09. The number of aliphatic hydroxyl groups excluding tert-OH is 1. The van der Waals surface area contributed by atoms with Crippen molar-refractivity contribution >= 4 is 34.7 Å². The first kappa shape index (κ1) is 29.5. The van der Waals surface area contributed by atoms with E-state index in [2.05, 4.69) is 20.5 Å². The molecule has 0 unspecified atom stereocenters. The van der Waals surface area contributed by atoms with Gasteiger partial charge >= 0.3 is 11.9 Å². The van der Waals surface area contributed by atoms with Crippen molar-refractivity contribution in [3.8, 4) is 28.4 Å². The molecule has 5 aromatic rings. The van der Waals surface area contributed by atoms with Gasteiger partial charge in [0.05, 0.1) is 28.3 Å². The maximum Gasteiger partial charge on any atom is 0.343 e. The van der Waals surface area contributed by atoms with Gasteiger partial charge in [-0.1, -0.05) is 24.3 Å². The quantitative estimate of drug-likeness (QED) is 0.0754. The predicted octanol–water partition coefficient (Wildman–Crippen LogP) is 8.66. The summed E-state index contributed by atoms with van der Waals surface area (Å²) >= 11 is 0. The minimum Gasteiger partial charge on any atom is -0.468 e. The number of hydrogen-bond donors (Lipinski definition) is 1. The molecule has 0 aliphatic rings. The third-order valence-electron chi connectivity index (χ3n) is 6.10. The van der Waals surface area contributed by atoms with Crippen LogP contribution in [-0.2, 0) is 4.79 Å². The Morgan fingerprint density at radius 1 is 0.523 bits per heavy atom. The molecule has 1 N–H and O–H groups in total. The Bertz CT molecular complexity index is 1770. The summed E-state index contributed by atoms with van der Waals surface area (Å²) in [7, 11) is 0. The summed E-state index contributed by atoms with van der Waals surface area (Å²) < 4.78 is 15.4. The summed E-state index contributed by atoms with van der Waals surface area (Å²) in [4.78, 5) is 23.4. The van der Waals surface area contributed by atoms with Crippen molar-refractivity contribution < 1.29 is 28.9 Å². The van der Waals surface area contributed by atoms with Gasteiger partial charge in [-0.05, 0) is 108 Å². The van der Waals surface area contributed by atoms with E-state index in [1.54, 1.807) is 72.8 Å². The van der Waals surface area contributed by atoms with Crippen molar-refractivity contribution in [2.75, 3.05) is 6.79 Å². The highest BCUT2D eigenvalue weighted by atomic mass is 16.6. The second-order valence-electron chi connectivity index (χ2n) is 9.26. The number of carbonyl (C=O) groups is 2. The van der Waals surface area contributed by atoms with Gasteiger partial charge in [-0.15, -0.1) is 0 Å². The molecule has 0 aliphatic carbocycles. The molecule has 0 aliphatic heterocycles. The topological polar surface area (TPSA) is 132 Å². The van der Waals surface area contributed by atoms with Crippen LogP contribution in [0.5, 0.6) is 17.2 Å². The highest BCUT2D eigenvalue weighted by Crippen LogP contribution is 2.28. The molecular formula is C34H26N4O6. The maximum absolute atomic E-state index is 12.4. The van der Waals surface area contributed by atoms with E-state index >= 15 is 0 Å². The van der Waals surface area contributed by atoms with Crippen LogP contribution in [0, 0.1) is 0 Å². The third kappa shape index (κ3) is 8.28. The summed E-state index contributed by atoms with van der Waals surface area (Å²) in [6.07, 6.45) is 0. The van der Waals surface area contributed by atoms with Crippen molar-refractivity contribution in [2.24, 2.45) is 20.5 Å². The second kappa shape index (κ2) is 14.3. The van der Waals surface area contributed by atoms with Crippen LogP contribution in [0.25, 0.3) is 11.1 Å². The lowest BCUT2D eigenvalue weighted by Crippen LogP contribution is -2.08. The molecule has 10 nitrogen and oxygen atoms in total. The van der Waals surface area contributed by atoms with Gasteiger partial charge in [-0.25, -0.2) is 4.79 Å². The van der Waals surface area contributed by atoms with E-state index in [9.17, 15) is 9.59 Å². The van der Waals surface area contributed by atoms with E-state index < -0.39 is 12.8 Å². The van der Waals surface area contributed by atoms with Crippen LogP contribution in [0.2, 0.25) is 0 Å². The van der Waals surface area contributed by atoms with Crippen LogP contribution in [-0.4, -0.2) is 23.8 Å². The lowest BCUT2D eigenvalue weighted by Gasteiger charge is -2.06. The van der Waals surface area contributed by atoms with E-state index in [4.69, 9.17) is 19.3 Å². The van der Waals surface area contributed by atoms with E-state index in [0.717, 1.165) is 11.1 Å². The Morgan fingerprint density at radius 3 is 1.27 bits per heavy atom. The Morgan fingerprint density at radius 2 is 0.886 bits per heavy atom. The summed E-state index contributed by atoms with van der Waals surface area (Å²) in [5.41, 5.74) is 5.00. The predicted molar refractivity (Wildman–Crippen MR) is 164 cm³/mol. The minimum absolute atomic E-state index is 0.352. The van der Waals surface area contributed by atoms with Crippen molar-refractivity contribution in [3.05, 3.63) is 127 Å². The fourth-order valence-corrected chi connectivity index (χ4v) is 3.93. The molecule has 0 saturated heterocycles. The van der Waals surface area contributed by atoms with Crippen LogP contribution in [0.1, 0.15) is 17.3 Å². The number of ether oxygens (including phenoxy) is 3. The molecule has 0 saturated carbocycles. The van der Waals surface area contributed by atoms with Gasteiger partial charge in [-0.2, -0.15) is 20.5 Å².